The summed E-state index contributed by atoms with van der Waals surface area (Å²) in [5.74, 6) is -5.40. The van der Waals surface area contributed by atoms with Crippen molar-refractivity contribution in [2.24, 2.45) is 11.7 Å². The molecule has 0 bridgehead atoms. The van der Waals surface area contributed by atoms with Crippen LogP contribution in [-0.4, -0.2) is 135 Å². The monoisotopic (exact) mass is 873 g/mol. The largest absolute Gasteiger partial charge is 0.480 e. The maximum absolute atomic E-state index is 14.3. The Balaban J connectivity index is 2.40. The third-order valence-electron chi connectivity index (χ3n) is 10.6. The molecule has 0 radical (unpaired) electrons. The number of amides is 5. The summed E-state index contributed by atoms with van der Waals surface area (Å²) < 4.78 is 12.1. The van der Waals surface area contributed by atoms with E-state index in [-0.39, 0.29) is 11.5 Å². The Kier molecular flexibility index (Phi) is 20.6. The number of carbonyl (C=O) groups excluding carboxylic acids is 5. The fourth-order valence-corrected chi connectivity index (χ4v) is 6.56. The molecule has 61 heavy (non-hydrogen) atoms. The van der Waals surface area contributed by atoms with E-state index < -0.39 is 114 Å². The van der Waals surface area contributed by atoms with Gasteiger partial charge in [0.15, 0.2) is 0 Å². The maximum atomic E-state index is 14.3. The van der Waals surface area contributed by atoms with Gasteiger partial charge in [-0.2, -0.15) is 0 Å². The number of carboxylic acids is 1. The lowest BCUT2D eigenvalue weighted by atomic mass is 9.97. The van der Waals surface area contributed by atoms with Crippen LogP contribution in [0.5, 0.6) is 0 Å². The number of aliphatic carboxylic acids is 1. The summed E-state index contributed by atoms with van der Waals surface area (Å²) in [6.45, 7) is 19.9. The van der Waals surface area contributed by atoms with Crippen LogP contribution in [0, 0.1) is 5.92 Å². The first kappa shape index (κ1) is 52.4. The molecule has 9 atom stereocenters. The molecule has 340 valence electrons. The number of hydrogen-bond acceptors (Lipinski definition) is 11. The molecule has 0 unspecified atom stereocenters. The molecular weight excluding hydrogens is 807 g/mol. The second-order valence-electron chi connectivity index (χ2n) is 16.5. The number of thiocarbonyl (C=S) groups is 1. The van der Waals surface area contributed by atoms with Crippen molar-refractivity contribution in [3.8, 4) is 0 Å². The minimum atomic E-state index is -1.47. The number of hydrogen-bond donors (Lipinski definition) is 8. The highest BCUT2D eigenvalue weighted by molar-refractivity contribution is 7.80. The second-order valence-corrected chi connectivity index (χ2v) is 16.9. The van der Waals surface area contributed by atoms with E-state index in [4.69, 9.17) is 27.4 Å². The molecule has 1 aliphatic rings. The van der Waals surface area contributed by atoms with Crippen molar-refractivity contribution < 1.29 is 48.5 Å². The van der Waals surface area contributed by atoms with Crippen LogP contribution in [0.25, 0.3) is 0 Å². The van der Waals surface area contributed by atoms with Gasteiger partial charge in [-0.15, -0.1) is 13.2 Å². The summed E-state index contributed by atoms with van der Waals surface area (Å²) in [5.41, 5.74) is 5.28. The van der Waals surface area contributed by atoms with Crippen molar-refractivity contribution in [3.63, 3.8) is 0 Å². The smallest absolute Gasteiger partial charge is 0.326 e. The van der Waals surface area contributed by atoms with Crippen LogP contribution in [0.4, 0.5) is 0 Å². The average molecular weight is 874 g/mol. The van der Waals surface area contributed by atoms with Crippen molar-refractivity contribution >= 4 is 52.7 Å². The first-order valence-corrected chi connectivity index (χ1v) is 21.0. The number of benzene rings is 1. The molecule has 2 rings (SSSR count). The topological polar surface area (TPSA) is 251 Å². The fraction of sp³-hybridized carbons (Fsp3) is 0.605. The molecular formula is C43H67N7O10S. The molecule has 9 N–H and O–H groups in total. The minimum Gasteiger partial charge on any atom is -0.480 e. The zero-order valence-electron chi connectivity index (χ0n) is 36.7. The van der Waals surface area contributed by atoms with E-state index in [9.17, 15) is 39.0 Å². The van der Waals surface area contributed by atoms with E-state index in [0.29, 0.717) is 25.7 Å². The van der Waals surface area contributed by atoms with Crippen molar-refractivity contribution in [2.45, 2.75) is 141 Å². The standard InChI is InChI=1S/C43H67N7O10S/c1-11-25(4)33(37(54)45-26(5)40(56)50-21-17-20-32(50)41(57)58)48-36(53)31(24-59-42(7,8)12-2)46-38(55)34(27(6)60-43(9,10)13-3)49-35(52)30(23-51)47-39(61)29(44)22-28-18-15-14-16-19-28/h12-16,18-19,25-27,29-34,51H,2-3,11,17,20-24,44H2,1,4-10H3,(H,45,54)(H,46,55)(H,47,61)(H,48,53)(H,49,52)(H,57,58)/t25-,26-,27+,29+,30-,31-,32-,33-,34-/m0/s1. The van der Waals surface area contributed by atoms with E-state index in [1.165, 1.54) is 30.9 Å². The highest BCUT2D eigenvalue weighted by Gasteiger charge is 2.39. The molecule has 0 aromatic heterocycles. The number of nitrogens with zero attached hydrogens (tertiary/aromatic N) is 1. The van der Waals surface area contributed by atoms with Crippen LogP contribution in [-0.2, 0) is 44.7 Å². The number of nitrogens with two attached hydrogens (primary N) is 1. The van der Waals surface area contributed by atoms with Gasteiger partial charge < -0.3 is 56.9 Å². The van der Waals surface area contributed by atoms with E-state index >= 15 is 0 Å². The fourth-order valence-electron chi connectivity index (χ4n) is 6.34. The Labute approximate surface area is 365 Å². The summed E-state index contributed by atoms with van der Waals surface area (Å²) in [7, 11) is 0. The number of likely N-dealkylation sites (tertiary alicyclic amines) is 1. The first-order chi connectivity index (χ1) is 28.5. The SMILES string of the molecule is C=CC(C)(C)OC[C@H](NC(=O)[C@@H](NC(=O)[C@H](CO)NC(=S)[C@H](N)Cc1ccccc1)[C@@H](C)OC(C)(C)C=C)C(=O)N[C@H](C(=O)N[C@@H](C)C(=O)N1CCC[C@H]1C(=O)O)[C@@H](C)CC. The average Bonchev–Trinajstić information content (AvgIpc) is 3.72. The highest BCUT2D eigenvalue weighted by atomic mass is 32.1. The molecule has 5 amide bonds. The predicted octanol–water partition coefficient (Wildman–Crippen LogP) is 1.27. The van der Waals surface area contributed by atoms with Crippen LogP contribution >= 0.6 is 12.2 Å². The molecule has 1 aliphatic heterocycles. The van der Waals surface area contributed by atoms with Gasteiger partial charge in [-0.25, -0.2) is 4.79 Å². The van der Waals surface area contributed by atoms with Gasteiger partial charge in [0.2, 0.25) is 29.5 Å². The Morgan fingerprint density at radius 1 is 0.885 bits per heavy atom. The summed E-state index contributed by atoms with van der Waals surface area (Å²) in [4.78, 5) is 82.3. The zero-order valence-corrected chi connectivity index (χ0v) is 37.5. The molecule has 0 aliphatic carbocycles. The summed E-state index contributed by atoms with van der Waals surface area (Å²) in [5, 5.41) is 33.3. The van der Waals surface area contributed by atoms with Crippen molar-refractivity contribution in [1.82, 2.24) is 31.5 Å². The van der Waals surface area contributed by atoms with Crippen LogP contribution in [0.2, 0.25) is 0 Å². The molecule has 1 heterocycles. The molecule has 1 saturated heterocycles. The normalized spacial score (nSPS) is 18.1. The maximum Gasteiger partial charge on any atom is 0.326 e. The molecule has 1 fully saturated rings. The third-order valence-corrected chi connectivity index (χ3v) is 11.0. The zero-order chi connectivity index (χ0) is 46.2. The van der Waals surface area contributed by atoms with Crippen molar-refractivity contribution in [3.05, 3.63) is 61.2 Å². The van der Waals surface area contributed by atoms with Crippen LogP contribution in [0.1, 0.15) is 80.2 Å². The lowest BCUT2D eigenvalue weighted by Crippen LogP contribution is -2.63. The van der Waals surface area contributed by atoms with Crippen molar-refractivity contribution in [2.75, 3.05) is 19.8 Å². The minimum absolute atomic E-state index is 0.106. The first-order valence-electron chi connectivity index (χ1n) is 20.6. The van der Waals surface area contributed by atoms with Gasteiger partial charge in [0.05, 0.1) is 41.6 Å². The Bertz CT molecular complexity index is 1710. The van der Waals surface area contributed by atoms with Gasteiger partial charge in [-0.05, 0) is 72.3 Å². The Morgan fingerprint density at radius 2 is 1.46 bits per heavy atom. The van der Waals surface area contributed by atoms with Gasteiger partial charge in [0.25, 0.3) is 0 Å². The number of nitrogens with one attached hydrogen (secondary N) is 5. The summed E-state index contributed by atoms with van der Waals surface area (Å²) in [6, 6.07) is 1.05. The second kappa shape index (κ2) is 24.0. The summed E-state index contributed by atoms with van der Waals surface area (Å²) in [6.07, 6.45) is 3.54. The lowest BCUT2D eigenvalue weighted by Gasteiger charge is -2.34. The van der Waals surface area contributed by atoms with Gasteiger partial charge >= 0.3 is 5.97 Å². The summed E-state index contributed by atoms with van der Waals surface area (Å²) >= 11 is 5.47. The number of carboxylic acid groups (broad SMARTS) is 1. The third kappa shape index (κ3) is 16.2. The molecule has 0 spiro atoms. The number of rotatable bonds is 25. The number of carbonyl (C=O) groups is 6. The number of ether oxygens (including phenoxy) is 2. The van der Waals surface area contributed by atoms with Gasteiger partial charge in [0.1, 0.15) is 36.3 Å². The lowest BCUT2D eigenvalue weighted by molar-refractivity contribution is -0.149. The highest BCUT2D eigenvalue weighted by Crippen LogP contribution is 2.20. The van der Waals surface area contributed by atoms with E-state index in [2.05, 4.69) is 39.7 Å². The molecule has 18 heteroatoms. The number of aliphatic hydroxyl groups is 1. The Morgan fingerprint density at radius 3 is 2.02 bits per heavy atom. The van der Waals surface area contributed by atoms with Gasteiger partial charge in [-0.1, -0.05) is 75.0 Å². The van der Waals surface area contributed by atoms with Gasteiger partial charge in [-0.3, -0.25) is 24.0 Å². The van der Waals surface area contributed by atoms with E-state index in [1.54, 1.807) is 41.5 Å². The Hall–Kier alpha value is -4.75. The molecule has 1 aromatic carbocycles. The van der Waals surface area contributed by atoms with Crippen LogP contribution in [0.3, 0.4) is 0 Å². The van der Waals surface area contributed by atoms with Crippen LogP contribution < -0.4 is 32.3 Å². The quantitative estimate of drug-likeness (QED) is 0.0510. The van der Waals surface area contributed by atoms with Crippen LogP contribution in [0.15, 0.2) is 55.6 Å². The van der Waals surface area contributed by atoms with Gasteiger partial charge in [0, 0.05) is 6.54 Å². The van der Waals surface area contributed by atoms with E-state index in [1.807, 2.05) is 30.3 Å². The molecule has 17 nitrogen and oxygen atoms in total. The number of aliphatic hydroxyl groups excluding tert-OH is 1. The molecule has 1 aromatic rings. The molecule has 0 saturated carbocycles. The van der Waals surface area contributed by atoms with E-state index in [0.717, 1.165) is 5.56 Å². The predicted molar refractivity (Wildman–Crippen MR) is 235 cm³/mol. The van der Waals surface area contributed by atoms with Crippen molar-refractivity contribution in [1.29, 1.82) is 0 Å².